The Bertz CT molecular complexity index is 1070. The quantitative estimate of drug-likeness (QED) is 0.576. The standard InChI is InChI=1S/C18H15N3O2/c1-2-23-18(22)15-16(19)11-7-3-5-9-13(11)21-14-10-6-4-8-12(14)20-17(15)21/h3-10H,2,19H2,1H3. The second-order valence-electron chi connectivity index (χ2n) is 5.29. The number of nitrogens with zero attached hydrogens (tertiary/aromatic N) is 2. The fraction of sp³-hybridized carbons (Fsp3) is 0.111. The van der Waals surface area contributed by atoms with Crippen LogP contribution in [0.4, 0.5) is 5.69 Å². The Morgan fingerprint density at radius 2 is 1.83 bits per heavy atom. The first kappa shape index (κ1) is 13.6. The molecular formula is C18H15N3O2. The average Bonchev–Trinajstić information content (AvgIpc) is 2.94. The number of hydrogen-bond donors (Lipinski definition) is 1. The van der Waals surface area contributed by atoms with Gasteiger partial charge in [-0.05, 0) is 25.1 Å². The number of nitrogens with two attached hydrogens (primary N) is 1. The minimum absolute atomic E-state index is 0.289. The van der Waals surface area contributed by atoms with Crippen molar-refractivity contribution in [3.05, 3.63) is 54.1 Å². The number of hydrogen-bond acceptors (Lipinski definition) is 4. The number of nitrogen functional groups attached to an aromatic ring is 1. The highest BCUT2D eigenvalue weighted by Crippen LogP contribution is 2.32. The molecule has 0 atom stereocenters. The third kappa shape index (κ3) is 1.86. The summed E-state index contributed by atoms with van der Waals surface area (Å²) in [5.41, 5.74) is 10.2. The fourth-order valence-electron chi connectivity index (χ4n) is 2.99. The average molecular weight is 305 g/mol. The van der Waals surface area contributed by atoms with E-state index < -0.39 is 5.97 Å². The molecule has 0 aliphatic rings. The number of imidazole rings is 1. The maximum absolute atomic E-state index is 12.4. The lowest BCUT2D eigenvalue weighted by atomic mass is 10.1. The molecule has 23 heavy (non-hydrogen) atoms. The molecule has 0 fully saturated rings. The van der Waals surface area contributed by atoms with Crippen LogP contribution in [0, 0.1) is 0 Å². The Morgan fingerprint density at radius 1 is 1.13 bits per heavy atom. The molecule has 2 N–H and O–H groups in total. The van der Waals surface area contributed by atoms with Crippen LogP contribution in [0.3, 0.4) is 0 Å². The van der Waals surface area contributed by atoms with Gasteiger partial charge in [0.05, 0.1) is 28.8 Å². The van der Waals surface area contributed by atoms with E-state index in [-0.39, 0.29) is 6.61 Å². The van der Waals surface area contributed by atoms with E-state index >= 15 is 0 Å². The van der Waals surface area contributed by atoms with Crippen LogP contribution in [-0.4, -0.2) is 22.0 Å². The van der Waals surface area contributed by atoms with E-state index in [2.05, 4.69) is 4.98 Å². The van der Waals surface area contributed by atoms with E-state index in [0.717, 1.165) is 21.9 Å². The van der Waals surface area contributed by atoms with Gasteiger partial charge in [-0.3, -0.25) is 4.40 Å². The highest BCUT2D eigenvalue weighted by molar-refractivity contribution is 6.11. The van der Waals surface area contributed by atoms with Crippen LogP contribution in [0.15, 0.2) is 48.5 Å². The smallest absolute Gasteiger partial charge is 0.344 e. The second-order valence-corrected chi connectivity index (χ2v) is 5.29. The monoisotopic (exact) mass is 305 g/mol. The number of rotatable bonds is 2. The van der Waals surface area contributed by atoms with Crippen molar-refractivity contribution in [2.24, 2.45) is 0 Å². The van der Waals surface area contributed by atoms with Crippen molar-refractivity contribution in [3.8, 4) is 0 Å². The maximum Gasteiger partial charge on any atom is 0.344 e. The molecule has 5 heteroatoms. The van der Waals surface area contributed by atoms with Gasteiger partial charge in [-0.25, -0.2) is 9.78 Å². The number of ether oxygens (including phenoxy) is 1. The first-order valence-electron chi connectivity index (χ1n) is 7.47. The molecule has 0 aliphatic carbocycles. The largest absolute Gasteiger partial charge is 0.462 e. The van der Waals surface area contributed by atoms with Crippen LogP contribution >= 0.6 is 0 Å². The zero-order chi connectivity index (χ0) is 16.0. The second kappa shape index (κ2) is 4.98. The highest BCUT2D eigenvalue weighted by atomic mass is 16.5. The molecule has 0 spiro atoms. The van der Waals surface area contributed by atoms with Gasteiger partial charge in [-0.2, -0.15) is 0 Å². The molecule has 4 aromatic rings. The summed E-state index contributed by atoms with van der Waals surface area (Å²) < 4.78 is 7.16. The van der Waals surface area contributed by atoms with E-state index in [4.69, 9.17) is 10.5 Å². The predicted octanol–water partition coefficient (Wildman–Crippen LogP) is 3.40. The van der Waals surface area contributed by atoms with Gasteiger partial charge in [0.2, 0.25) is 0 Å². The SMILES string of the molecule is CCOC(=O)c1c(N)c2ccccc2n2c1nc1ccccc12. The van der Waals surface area contributed by atoms with Crippen LogP contribution in [0.25, 0.3) is 27.6 Å². The summed E-state index contributed by atoms with van der Waals surface area (Å²) >= 11 is 0. The molecule has 0 unspecified atom stereocenters. The molecule has 0 aliphatic heterocycles. The number of esters is 1. The number of aromatic nitrogens is 2. The van der Waals surface area contributed by atoms with Crippen molar-refractivity contribution in [1.29, 1.82) is 0 Å². The van der Waals surface area contributed by atoms with E-state index in [1.165, 1.54) is 0 Å². The third-order valence-electron chi connectivity index (χ3n) is 3.97. The van der Waals surface area contributed by atoms with Crippen LogP contribution in [0.1, 0.15) is 17.3 Å². The van der Waals surface area contributed by atoms with Crippen molar-refractivity contribution >= 4 is 39.2 Å². The summed E-state index contributed by atoms with van der Waals surface area (Å²) in [4.78, 5) is 17.1. The van der Waals surface area contributed by atoms with Crippen molar-refractivity contribution in [3.63, 3.8) is 0 Å². The molecular weight excluding hydrogens is 290 g/mol. The lowest BCUT2D eigenvalue weighted by Gasteiger charge is -2.12. The van der Waals surface area contributed by atoms with Gasteiger partial charge in [-0.1, -0.05) is 30.3 Å². The number of fused-ring (bicyclic) bond motifs is 5. The van der Waals surface area contributed by atoms with Gasteiger partial charge >= 0.3 is 5.97 Å². The molecule has 0 radical (unpaired) electrons. The molecule has 2 aromatic heterocycles. The molecule has 5 nitrogen and oxygen atoms in total. The molecule has 2 heterocycles. The molecule has 0 saturated heterocycles. The van der Waals surface area contributed by atoms with Gasteiger partial charge in [0.25, 0.3) is 0 Å². The lowest BCUT2D eigenvalue weighted by Crippen LogP contribution is -2.11. The zero-order valence-electron chi connectivity index (χ0n) is 12.6. The maximum atomic E-state index is 12.4. The van der Waals surface area contributed by atoms with E-state index in [1.807, 2.05) is 52.9 Å². The topological polar surface area (TPSA) is 69.6 Å². The number of carbonyl (C=O) groups is 1. The summed E-state index contributed by atoms with van der Waals surface area (Å²) in [5.74, 6) is -0.448. The van der Waals surface area contributed by atoms with Crippen LogP contribution < -0.4 is 5.73 Å². The fourth-order valence-corrected chi connectivity index (χ4v) is 2.99. The summed E-state index contributed by atoms with van der Waals surface area (Å²) in [6.45, 7) is 2.06. The molecule has 2 aromatic carbocycles. The molecule has 114 valence electrons. The number of para-hydroxylation sites is 3. The zero-order valence-corrected chi connectivity index (χ0v) is 12.6. The van der Waals surface area contributed by atoms with Crippen molar-refractivity contribution < 1.29 is 9.53 Å². The van der Waals surface area contributed by atoms with E-state index in [0.29, 0.717) is 16.9 Å². The first-order valence-corrected chi connectivity index (χ1v) is 7.47. The Balaban J connectivity index is 2.27. The number of anilines is 1. The van der Waals surface area contributed by atoms with Gasteiger partial charge in [0, 0.05) is 5.39 Å². The van der Waals surface area contributed by atoms with Crippen LogP contribution in [0.2, 0.25) is 0 Å². The van der Waals surface area contributed by atoms with Crippen molar-refractivity contribution in [2.75, 3.05) is 12.3 Å². The number of benzene rings is 2. The number of pyridine rings is 1. The Morgan fingerprint density at radius 3 is 2.61 bits per heavy atom. The van der Waals surface area contributed by atoms with Gasteiger partial charge in [0.15, 0.2) is 5.65 Å². The minimum Gasteiger partial charge on any atom is -0.462 e. The van der Waals surface area contributed by atoms with E-state index in [1.54, 1.807) is 6.92 Å². The Hall–Kier alpha value is -3.08. The Labute approximate surface area is 132 Å². The Kier molecular flexibility index (Phi) is 2.94. The highest BCUT2D eigenvalue weighted by Gasteiger charge is 2.22. The normalized spacial score (nSPS) is 11.3. The van der Waals surface area contributed by atoms with Crippen molar-refractivity contribution in [2.45, 2.75) is 6.92 Å². The first-order chi connectivity index (χ1) is 11.2. The lowest BCUT2D eigenvalue weighted by molar-refractivity contribution is 0.0529. The van der Waals surface area contributed by atoms with Crippen molar-refractivity contribution in [1.82, 2.24) is 9.38 Å². The molecule has 4 rings (SSSR count). The summed E-state index contributed by atoms with van der Waals surface area (Å²) in [6, 6.07) is 15.5. The van der Waals surface area contributed by atoms with E-state index in [9.17, 15) is 4.79 Å². The van der Waals surface area contributed by atoms with Gasteiger partial charge in [-0.15, -0.1) is 0 Å². The van der Waals surface area contributed by atoms with Gasteiger partial charge in [0.1, 0.15) is 5.56 Å². The minimum atomic E-state index is -0.448. The van der Waals surface area contributed by atoms with Crippen LogP contribution in [0.5, 0.6) is 0 Å². The van der Waals surface area contributed by atoms with Crippen LogP contribution in [-0.2, 0) is 4.74 Å². The third-order valence-corrected chi connectivity index (χ3v) is 3.97. The molecule has 0 bridgehead atoms. The van der Waals surface area contributed by atoms with Gasteiger partial charge < -0.3 is 10.5 Å². The molecule has 0 saturated carbocycles. The molecule has 0 amide bonds. The predicted molar refractivity (Wildman–Crippen MR) is 90.6 cm³/mol. The number of carbonyl (C=O) groups excluding carboxylic acids is 1. The summed E-state index contributed by atoms with van der Waals surface area (Å²) in [6.07, 6.45) is 0. The summed E-state index contributed by atoms with van der Waals surface area (Å²) in [5, 5.41) is 0.811. The summed E-state index contributed by atoms with van der Waals surface area (Å²) in [7, 11) is 0.